The summed E-state index contributed by atoms with van der Waals surface area (Å²) in [5, 5.41) is 3.41. The van der Waals surface area contributed by atoms with Crippen LogP contribution in [0.25, 0.3) is 0 Å². The highest BCUT2D eigenvalue weighted by molar-refractivity contribution is 8.00. The first-order valence-electron chi connectivity index (χ1n) is 5.38. The van der Waals surface area contributed by atoms with Gasteiger partial charge in [-0.15, -0.1) is 12.6 Å². The van der Waals surface area contributed by atoms with Gasteiger partial charge in [-0.05, 0) is 37.3 Å². The van der Waals surface area contributed by atoms with Gasteiger partial charge in [0.2, 0.25) is 0 Å². The van der Waals surface area contributed by atoms with Crippen LogP contribution < -0.4 is 5.32 Å². The summed E-state index contributed by atoms with van der Waals surface area (Å²) in [5.74, 6) is -0.119. The zero-order chi connectivity index (χ0) is 12.5. The van der Waals surface area contributed by atoms with E-state index in [9.17, 15) is 4.79 Å². The van der Waals surface area contributed by atoms with E-state index in [0.717, 1.165) is 4.90 Å². The fourth-order valence-corrected chi connectivity index (χ4v) is 2.75. The Balaban J connectivity index is 2.02. The summed E-state index contributed by atoms with van der Waals surface area (Å²) in [6.45, 7) is 0.708. The molecule has 1 amide bonds. The molecule has 1 aliphatic rings. The Morgan fingerprint density at radius 3 is 2.88 bits per heavy atom. The third-order valence-corrected chi connectivity index (χ3v) is 5.03. The second-order valence-electron chi connectivity index (χ2n) is 4.23. The number of thioether (sulfide) groups is 1. The molecule has 1 aliphatic carbocycles. The van der Waals surface area contributed by atoms with Crippen molar-refractivity contribution in [1.82, 2.24) is 5.32 Å². The molecular formula is C12H14ClNOS2. The number of carbonyl (C=O) groups excluding carboxylic acids is 1. The van der Waals surface area contributed by atoms with Crippen LogP contribution in [-0.4, -0.2) is 23.5 Å². The normalized spacial score (nSPS) is 16.6. The molecule has 0 aromatic heterocycles. The summed E-state index contributed by atoms with van der Waals surface area (Å²) in [5.41, 5.74) is 0.496. The van der Waals surface area contributed by atoms with Crippen molar-refractivity contribution < 1.29 is 4.79 Å². The summed E-state index contributed by atoms with van der Waals surface area (Å²) >= 11 is 12.0. The van der Waals surface area contributed by atoms with Crippen molar-refractivity contribution in [1.29, 1.82) is 0 Å². The number of nitrogens with one attached hydrogen (secondary N) is 1. The SMILES string of the molecule is CSC1(CNC(=O)c2cc(S)ccc2Cl)CC1. The van der Waals surface area contributed by atoms with Crippen LogP contribution in [-0.2, 0) is 0 Å². The lowest BCUT2D eigenvalue weighted by molar-refractivity contribution is 0.0953. The molecule has 0 aliphatic heterocycles. The molecule has 0 atom stereocenters. The first-order chi connectivity index (χ1) is 8.06. The minimum absolute atomic E-state index is 0.119. The van der Waals surface area contributed by atoms with Crippen molar-refractivity contribution in [2.75, 3.05) is 12.8 Å². The molecule has 92 valence electrons. The van der Waals surface area contributed by atoms with E-state index in [-0.39, 0.29) is 10.7 Å². The number of carbonyl (C=O) groups is 1. The van der Waals surface area contributed by atoms with Gasteiger partial charge in [-0.25, -0.2) is 0 Å². The largest absolute Gasteiger partial charge is 0.351 e. The van der Waals surface area contributed by atoms with Crippen LogP contribution in [0.15, 0.2) is 23.1 Å². The first kappa shape index (κ1) is 13.1. The van der Waals surface area contributed by atoms with E-state index in [4.69, 9.17) is 11.6 Å². The minimum Gasteiger partial charge on any atom is -0.351 e. The molecule has 1 aromatic rings. The van der Waals surface area contributed by atoms with Crippen LogP contribution in [0, 0.1) is 0 Å². The first-order valence-corrected chi connectivity index (χ1v) is 7.43. The molecule has 1 N–H and O–H groups in total. The molecule has 5 heteroatoms. The zero-order valence-corrected chi connectivity index (χ0v) is 12.0. The molecule has 0 bridgehead atoms. The Morgan fingerprint density at radius 1 is 1.59 bits per heavy atom. The fraction of sp³-hybridized carbons (Fsp3) is 0.417. The maximum atomic E-state index is 12.0. The maximum Gasteiger partial charge on any atom is 0.252 e. The lowest BCUT2D eigenvalue weighted by Gasteiger charge is -2.13. The van der Waals surface area contributed by atoms with E-state index in [2.05, 4.69) is 24.2 Å². The quantitative estimate of drug-likeness (QED) is 0.833. The Hall–Kier alpha value is -0.320. The van der Waals surface area contributed by atoms with Gasteiger partial charge >= 0.3 is 0 Å². The highest BCUT2D eigenvalue weighted by atomic mass is 35.5. The van der Waals surface area contributed by atoms with Gasteiger partial charge in [0.1, 0.15) is 0 Å². The Labute approximate surface area is 116 Å². The Bertz CT molecular complexity index is 446. The van der Waals surface area contributed by atoms with Crippen LogP contribution in [0.5, 0.6) is 0 Å². The second kappa shape index (κ2) is 5.12. The minimum atomic E-state index is -0.119. The topological polar surface area (TPSA) is 29.1 Å². The van der Waals surface area contributed by atoms with E-state index in [1.807, 2.05) is 11.8 Å². The van der Waals surface area contributed by atoms with Gasteiger partial charge in [-0.3, -0.25) is 4.79 Å². The average Bonchev–Trinajstić information content (AvgIpc) is 3.10. The van der Waals surface area contributed by atoms with Gasteiger partial charge in [0.25, 0.3) is 5.91 Å². The monoisotopic (exact) mass is 287 g/mol. The van der Waals surface area contributed by atoms with Gasteiger partial charge < -0.3 is 5.32 Å². The van der Waals surface area contributed by atoms with Crippen LogP contribution in [0.3, 0.4) is 0 Å². The van der Waals surface area contributed by atoms with E-state index in [1.165, 1.54) is 12.8 Å². The van der Waals surface area contributed by atoms with Crippen molar-refractivity contribution >= 4 is 41.9 Å². The number of rotatable bonds is 4. The average molecular weight is 288 g/mol. The molecule has 0 saturated heterocycles. The molecule has 1 fully saturated rings. The number of hydrogen-bond donors (Lipinski definition) is 2. The maximum absolute atomic E-state index is 12.0. The van der Waals surface area contributed by atoms with Gasteiger partial charge in [0, 0.05) is 16.2 Å². The van der Waals surface area contributed by atoms with Crippen molar-refractivity contribution in [2.24, 2.45) is 0 Å². The predicted molar refractivity (Wildman–Crippen MR) is 76.5 cm³/mol. The third kappa shape index (κ3) is 3.12. The predicted octanol–water partition coefficient (Wildman–Crippen LogP) is 3.25. The zero-order valence-electron chi connectivity index (χ0n) is 9.50. The smallest absolute Gasteiger partial charge is 0.252 e. The Kier molecular flexibility index (Phi) is 3.95. The van der Waals surface area contributed by atoms with Crippen LogP contribution in [0.1, 0.15) is 23.2 Å². The van der Waals surface area contributed by atoms with Crippen molar-refractivity contribution in [3.8, 4) is 0 Å². The lowest BCUT2D eigenvalue weighted by atomic mass is 10.2. The molecule has 17 heavy (non-hydrogen) atoms. The number of thiol groups is 1. The number of hydrogen-bond acceptors (Lipinski definition) is 3. The Morgan fingerprint density at radius 2 is 2.29 bits per heavy atom. The van der Waals surface area contributed by atoms with Gasteiger partial charge in [0.05, 0.1) is 10.6 Å². The van der Waals surface area contributed by atoms with Crippen molar-refractivity contribution in [3.05, 3.63) is 28.8 Å². The van der Waals surface area contributed by atoms with Gasteiger partial charge in [-0.1, -0.05) is 11.6 Å². The standard InChI is InChI=1S/C12H14ClNOS2/c1-17-12(4-5-12)7-14-11(15)9-6-8(16)2-3-10(9)13/h2-3,6,16H,4-5,7H2,1H3,(H,14,15). The highest BCUT2D eigenvalue weighted by Gasteiger charge is 2.42. The van der Waals surface area contributed by atoms with E-state index < -0.39 is 0 Å². The van der Waals surface area contributed by atoms with Crippen molar-refractivity contribution in [2.45, 2.75) is 22.5 Å². The number of benzene rings is 1. The summed E-state index contributed by atoms with van der Waals surface area (Å²) in [7, 11) is 0. The summed E-state index contributed by atoms with van der Waals surface area (Å²) in [6.07, 6.45) is 4.43. The third-order valence-electron chi connectivity index (χ3n) is 3.01. The summed E-state index contributed by atoms with van der Waals surface area (Å²) in [6, 6.07) is 5.16. The molecule has 1 aromatic carbocycles. The molecule has 0 unspecified atom stereocenters. The molecule has 0 heterocycles. The molecule has 0 radical (unpaired) electrons. The molecule has 2 nitrogen and oxygen atoms in total. The number of halogens is 1. The van der Waals surface area contributed by atoms with Crippen molar-refractivity contribution in [3.63, 3.8) is 0 Å². The van der Waals surface area contributed by atoms with Gasteiger partial charge in [-0.2, -0.15) is 11.8 Å². The highest BCUT2D eigenvalue weighted by Crippen LogP contribution is 2.46. The second-order valence-corrected chi connectivity index (χ2v) is 6.43. The molecule has 2 rings (SSSR count). The molecule has 0 spiro atoms. The van der Waals surface area contributed by atoms with Crippen LogP contribution in [0.2, 0.25) is 5.02 Å². The molecular weight excluding hydrogens is 274 g/mol. The molecule has 1 saturated carbocycles. The van der Waals surface area contributed by atoms with E-state index in [0.29, 0.717) is 17.1 Å². The summed E-state index contributed by atoms with van der Waals surface area (Å²) < 4.78 is 0.265. The van der Waals surface area contributed by atoms with E-state index >= 15 is 0 Å². The number of amides is 1. The van der Waals surface area contributed by atoms with Crippen LogP contribution >= 0.6 is 36.0 Å². The summed E-state index contributed by atoms with van der Waals surface area (Å²) in [4.78, 5) is 12.7. The lowest BCUT2D eigenvalue weighted by Crippen LogP contribution is -2.31. The fourth-order valence-electron chi connectivity index (χ4n) is 1.62. The van der Waals surface area contributed by atoms with E-state index in [1.54, 1.807) is 18.2 Å². The van der Waals surface area contributed by atoms with Crippen LogP contribution in [0.4, 0.5) is 0 Å². The van der Waals surface area contributed by atoms with Gasteiger partial charge in [0.15, 0.2) is 0 Å².